The molecule has 2 heterocycles. The summed E-state index contributed by atoms with van der Waals surface area (Å²) < 4.78 is 16.7. The smallest absolute Gasteiger partial charge is 0.229 e. The van der Waals surface area contributed by atoms with Crippen molar-refractivity contribution in [2.75, 3.05) is 6.61 Å². The SMILES string of the molecule is O=c1cc(-c2ccccc2)oc2ccc(O[C@H]3O[C@H](CO)[C@@H](O)[C@H](O)[C@H]3O)cc12. The van der Waals surface area contributed by atoms with E-state index in [2.05, 4.69) is 0 Å². The average molecular weight is 400 g/mol. The Morgan fingerprint density at radius 2 is 1.69 bits per heavy atom. The van der Waals surface area contributed by atoms with E-state index in [4.69, 9.17) is 13.9 Å². The molecule has 0 saturated carbocycles. The van der Waals surface area contributed by atoms with Gasteiger partial charge in [0.15, 0.2) is 5.43 Å². The lowest BCUT2D eigenvalue weighted by atomic mass is 9.99. The highest BCUT2D eigenvalue weighted by Crippen LogP contribution is 2.27. The summed E-state index contributed by atoms with van der Waals surface area (Å²) in [5.41, 5.74) is 0.856. The summed E-state index contributed by atoms with van der Waals surface area (Å²) in [4.78, 5) is 12.6. The Balaban J connectivity index is 1.63. The van der Waals surface area contributed by atoms with E-state index in [1.165, 1.54) is 18.2 Å². The number of rotatable bonds is 4. The van der Waals surface area contributed by atoms with Crippen molar-refractivity contribution in [3.8, 4) is 17.1 Å². The Hall–Kier alpha value is -2.75. The van der Waals surface area contributed by atoms with Gasteiger partial charge in [-0.2, -0.15) is 0 Å². The third kappa shape index (κ3) is 3.76. The summed E-state index contributed by atoms with van der Waals surface area (Å²) in [5.74, 6) is 0.632. The molecule has 0 unspecified atom stereocenters. The van der Waals surface area contributed by atoms with Crippen LogP contribution in [0.5, 0.6) is 5.75 Å². The van der Waals surface area contributed by atoms with Crippen LogP contribution in [0.4, 0.5) is 0 Å². The molecular formula is C21H20O8. The standard InChI is InChI=1S/C21H20O8/c22-10-17-18(24)19(25)20(26)21(29-17)27-12-6-7-15-13(8-12)14(23)9-16(28-15)11-4-2-1-3-5-11/h1-9,17-22,24-26H,10H2/t17-,18-,19+,20-,21+/m1/s1. The molecule has 1 fully saturated rings. The van der Waals surface area contributed by atoms with Gasteiger partial charge in [-0.3, -0.25) is 4.79 Å². The Labute approximate surface area is 165 Å². The molecule has 8 heteroatoms. The number of benzene rings is 2. The fourth-order valence-corrected chi connectivity index (χ4v) is 3.25. The van der Waals surface area contributed by atoms with Crippen LogP contribution in [0.15, 0.2) is 63.8 Å². The quantitative estimate of drug-likeness (QED) is 0.502. The second-order valence-corrected chi connectivity index (χ2v) is 6.81. The van der Waals surface area contributed by atoms with Crippen LogP contribution in [-0.2, 0) is 4.74 Å². The maximum Gasteiger partial charge on any atom is 0.229 e. The fourth-order valence-electron chi connectivity index (χ4n) is 3.25. The molecule has 3 aromatic rings. The molecule has 4 N–H and O–H groups in total. The van der Waals surface area contributed by atoms with Crippen molar-refractivity contribution in [2.24, 2.45) is 0 Å². The van der Waals surface area contributed by atoms with Crippen LogP contribution in [0.3, 0.4) is 0 Å². The van der Waals surface area contributed by atoms with Crippen LogP contribution in [0.2, 0.25) is 0 Å². The van der Waals surface area contributed by atoms with Crippen LogP contribution in [0, 0.1) is 0 Å². The van der Waals surface area contributed by atoms with Gasteiger partial charge in [-0.05, 0) is 18.2 Å². The lowest BCUT2D eigenvalue weighted by molar-refractivity contribution is -0.277. The first kappa shape index (κ1) is 19.6. The van der Waals surface area contributed by atoms with E-state index < -0.39 is 37.3 Å². The van der Waals surface area contributed by atoms with Gasteiger partial charge < -0.3 is 34.3 Å². The summed E-state index contributed by atoms with van der Waals surface area (Å²) in [6, 6.07) is 15.1. The van der Waals surface area contributed by atoms with Gasteiger partial charge in [0, 0.05) is 11.6 Å². The van der Waals surface area contributed by atoms with Gasteiger partial charge in [0.2, 0.25) is 6.29 Å². The van der Waals surface area contributed by atoms with Gasteiger partial charge in [0.1, 0.15) is 41.5 Å². The van der Waals surface area contributed by atoms with Crippen LogP contribution < -0.4 is 10.2 Å². The summed E-state index contributed by atoms with van der Waals surface area (Å²) in [6.07, 6.45) is -6.99. The zero-order chi connectivity index (χ0) is 20.5. The van der Waals surface area contributed by atoms with Gasteiger partial charge >= 0.3 is 0 Å². The summed E-state index contributed by atoms with van der Waals surface area (Å²) in [6.45, 7) is -0.561. The number of fused-ring (bicyclic) bond motifs is 1. The molecule has 1 saturated heterocycles. The van der Waals surface area contributed by atoms with E-state index in [1.807, 2.05) is 30.3 Å². The van der Waals surface area contributed by atoms with Gasteiger partial charge in [0.25, 0.3) is 0 Å². The van der Waals surface area contributed by atoms with Crippen LogP contribution in [-0.4, -0.2) is 57.7 Å². The molecule has 5 atom stereocenters. The zero-order valence-corrected chi connectivity index (χ0v) is 15.2. The van der Waals surface area contributed by atoms with E-state index >= 15 is 0 Å². The molecule has 0 amide bonds. The minimum Gasteiger partial charge on any atom is -0.462 e. The highest BCUT2D eigenvalue weighted by molar-refractivity contribution is 5.80. The zero-order valence-electron chi connectivity index (χ0n) is 15.2. The molecule has 29 heavy (non-hydrogen) atoms. The molecule has 1 aromatic heterocycles. The number of aliphatic hydroxyl groups excluding tert-OH is 4. The predicted molar refractivity (Wildman–Crippen MR) is 102 cm³/mol. The first-order chi connectivity index (χ1) is 14.0. The van der Waals surface area contributed by atoms with E-state index in [1.54, 1.807) is 6.07 Å². The molecule has 2 aromatic carbocycles. The monoisotopic (exact) mass is 400 g/mol. The Bertz CT molecular complexity index is 1050. The third-order valence-electron chi connectivity index (χ3n) is 4.86. The topological polar surface area (TPSA) is 130 Å². The maximum absolute atomic E-state index is 12.6. The molecule has 1 aliphatic heterocycles. The highest BCUT2D eigenvalue weighted by atomic mass is 16.7. The average Bonchev–Trinajstić information content (AvgIpc) is 2.75. The van der Waals surface area contributed by atoms with Crippen LogP contribution in [0.25, 0.3) is 22.3 Å². The fraction of sp³-hybridized carbons (Fsp3) is 0.286. The summed E-state index contributed by atoms with van der Waals surface area (Å²) in [5, 5.41) is 39.3. The van der Waals surface area contributed by atoms with Gasteiger partial charge in [-0.15, -0.1) is 0 Å². The molecule has 4 rings (SSSR count). The van der Waals surface area contributed by atoms with E-state index in [-0.39, 0.29) is 16.6 Å². The van der Waals surface area contributed by atoms with Crippen molar-refractivity contribution in [2.45, 2.75) is 30.7 Å². The van der Waals surface area contributed by atoms with E-state index in [9.17, 15) is 25.2 Å². The van der Waals surface area contributed by atoms with Crippen LogP contribution in [0.1, 0.15) is 0 Å². The minimum atomic E-state index is -1.55. The normalized spacial score (nSPS) is 27.1. The Morgan fingerprint density at radius 1 is 0.931 bits per heavy atom. The number of hydrogen-bond acceptors (Lipinski definition) is 8. The Morgan fingerprint density at radius 3 is 2.41 bits per heavy atom. The third-order valence-corrected chi connectivity index (χ3v) is 4.86. The molecular weight excluding hydrogens is 380 g/mol. The van der Waals surface area contributed by atoms with Crippen molar-refractivity contribution < 1.29 is 34.3 Å². The van der Waals surface area contributed by atoms with Crippen LogP contribution >= 0.6 is 0 Å². The van der Waals surface area contributed by atoms with Gasteiger partial charge in [-0.1, -0.05) is 30.3 Å². The molecule has 0 spiro atoms. The molecule has 8 nitrogen and oxygen atoms in total. The first-order valence-corrected chi connectivity index (χ1v) is 9.08. The second kappa shape index (κ2) is 7.94. The first-order valence-electron chi connectivity index (χ1n) is 9.08. The Kier molecular flexibility index (Phi) is 5.35. The lowest BCUT2D eigenvalue weighted by Crippen LogP contribution is -2.60. The van der Waals surface area contributed by atoms with Gasteiger partial charge in [0.05, 0.1) is 12.0 Å². The maximum atomic E-state index is 12.6. The predicted octanol–water partition coefficient (Wildman–Crippen LogP) is 0.639. The number of aliphatic hydroxyl groups is 4. The van der Waals surface area contributed by atoms with Crippen molar-refractivity contribution in [1.82, 2.24) is 0 Å². The molecule has 0 aliphatic carbocycles. The number of ether oxygens (including phenoxy) is 2. The van der Waals surface area contributed by atoms with Crippen molar-refractivity contribution in [3.63, 3.8) is 0 Å². The van der Waals surface area contributed by atoms with Crippen molar-refractivity contribution in [1.29, 1.82) is 0 Å². The largest absolute Gasteiger partial charge is 0.462 e. The second-order valence-electron chi connectivity index (χ2n) is 6.81. The molecule has 152 valence electrons. The lowest BCUT2D eigenvalue weighted by Gasteiger charge is -2.39. The van der Waals surface area contributed by atoms with Crippen molar-refractivity contribution in [3.05, 3.63) is 64.8 Å². The molecule has 1 aliphatic rings. The van der Waals surface area contributed by atoms with Gasteiger partial charge in [-0.25, -0.2) is 0 Å². The van der Waals surface area contributed by atoms with E-state index in [0.717, 1.165) is 5.56 Å². The summed E-state index contributed by atoms with van der Waals surface area (Å²) in [7, 11) is 0. The van der Waals surface area contributed by atoms with Crippen molar-refractivity contribution >= 4 is 11.0 Å². The number of hydrogen-bond donors (Lipinski definition) is 4. The highest BCUT2D eigenvalue weighted by Gasteiger charge is 2.44. The molecule has 0 radical (unpaired) electrons. The minimum absolute atomic E-state index is 0.196. The molecule has 0 bridgehead atoms. The van der Waals surface area contributed by atoms with E-state index in [0.29, 0.717) is 11.3 Å². The summed E-state index contributed by atoms with van der Waals surface area (Å²) >= 11 is 0.